The summed E-state index contributed by atoms with van der Waals surface area (Å²) in [4.78, 5) is 13.6. The van der Waals surface area contributed by atoms with Gasteiger partial charge >= 0.3 is 0 Å². The molecule has 1 aromatic heterocycles. The van der Waals surface area contributed by atoms with Gasteiger partial charge in [-0.3, -0.25) is 0 Å². The molecule has 1 rings (SSSR count). The van der Waals surface area contributed by atoms with Gasteiger partial charge in [-0.1, -0.05) is 161 Å². The zero-order valence-electron chi connectivity index (χ0n) is 26.2. The van der Waals surface area contributed by atoms with E-state index >= 15 is 0 Å². The van der Waals surface area contributed by atoms with Crippen molar-refractivity contribution in [2.75, 3.05) is 12.4 Å². The Morgan fingerprint density at radius 1 is 0.650 bits per heavy atom. The van der Waals surface area contributed by atoms with Gasteiger partial charge in [-0.2, -0.15) is 4.98 Å². The SMILES string of the molecule is CCCCCCCCCCCCCCCCCCSc1nc(Cl)nc(C(CCCCCC)C(=S)OCCCC)n1. The van der Waals surface area contributed by atoms with Crippen LogP contribution in [-0.2, 0) is 4.74 Å². The minimum atomic E-state index is -0.0980. The first-order valence-electron chi connectivity index (χ1n) is 16.8. The minimum absolute atomic E-state index is 0.0980. The van der Waals surface area contributed by atoms with Crippen LogP contribution in [0.3, 0.4) is 0 Å². The van der Waals surface area contributed by atoms with Crippen molar-refractivity contribution < 1.29 is 4.74 Å². The van der Waals surface area contributed by atoms with E-state index in [0.717, 1.165) is 31.4 Å². The first kappa shape index (κ1) is 37.6. The van der Waals surface area contributed by atoms with Gasteiger partial charge in [-0.05, 0) is 43.1 Å². The fraction of sp³-hybridized carbons (Fsp3) is 0.879. The van der Waals surface area contributed by atoms with Gasteiger partial charge in [0.25, 0.3) is 0 Å². The molecule has 0 fully saturated rings. The minimum Gasteiger partial charge on any atom is -0.486 e. The van der Waals surface area contributed by atoms with Gasteiger partial charge < -0.3 is 4.74 Å². The molecule has 0 N–H and O–H groups in total. The number of unbranched alkanes of at least 4 members (excludes halogenated alkanes) is 19. The van der Waals surface area contributed by atoms with Crippen molar-refractivity contribution in [3.8, 4) is 0 Å². The van der Waals surface area contributed by atoms with Crippen LogP contribution in [0, 0.1) is 0 Å². The van der Waals surface area contributed by atoms with Crippen LogP contribution in [0.5, 0.6) is 0 Å². The first-order valence-corrected chi connectivity index (χ1v) is 18.6. The molecule has 0 radical (unpaired) electrons. The maximum Gasteiger partial charge on any atom is 0.226 e. The van der Waals surface area contributed by atoms with Crippen molar-refractivity contribution in [1.82, 2.24) is 15.0 Å². The van der Waals surface area contributed by atoms with E-state index in [1.54, 1.807) is 11.8 Å². The van der Waals surface area contributed by atoms with Crippen LogP contribution < -0.4 is 0 Å². The molecule has 0 aliphatic carbocycles. The van der Waals surface area contributed by atoms with E-state index in [1.165, 1.54) is 122 Å². The zero-order valence-corrected chi connectivity index (χ0v) is 28.6. The monoisotopic (exact) mass is 613 g/mol. The zero-order chi connectivity index (χ0) is 29.1. The van der Waals surface area contributed by atoms with E-state index in [2.05, 4.69) is 30.7 Å². The summed E-state index contributed by atoms with van der Waals surface area (Å²) in [6, 6.07) is 0. The van der Waals surface area contributed by atoms with Crippen molar-refractivity contribution in [3.63, 3.8) is 0 Å². The average Bonchev–Trinajstić information content (AvgIpc) is 2.94. The standard InChI is InChI=1S/C33H60ClN3OS2/c1-4-7-10-12-13-14-15-16-17-18-19-20-21-22-23-25-28-40-33-36-30(35-32(34)37-33)29(26-24-11-8-5-2)31(39)38-27-9-6-3/h29H,4-28H2,1-3H3. The molecule has 0 saturated carbocycles. The Kier molecular flexibility index (Phi) is 25.7. The van der Waals surface area contributed by atoms with E-state index in [1.807, 2.05) is 0 Å². The molecule has 0 bridgehead atoms. The smallest absolute Gasteiger partial charge is 0.226 e. The highest BCUT2D eigenvalue weighted by molar-refractivity contribution is 7.99. The van der Waals surface area contributed by atoms with Gasteiger partial charge in [0.2, 0.25) is 5.28 Å². The predicted octanol–water partition coefficient (Wildman–Crippen LogP) is 12.1. The molecule has 0 amide bonds. The second kappa shape index (κ2) is 27.4. The molecule has 4 nitrogen and oxygen atoms in total. The van der Waals surface area contributed by atoms with E-state index in [4.69, 9.17) is 33.5 Å². The van der Waals surface area contributed by atoms with Gasteiger partial charge in [0.1, 0.15) is 5.82 Å². The third-order valence-corrected chi connectivity index (χ3v) is 9.02. The average molecular weight is 614 g/mol. The number of hydrogen-bond acceptors (Lipinski definition) is 6. The maximum absolute atomic E-state index is 6.33. The number of halogens is 1. The maximum atomic E-state index is 6.33. The summed E-state index contributed by atoms with van der Waals surface area (Å²) in [6.07, 6.45) is 29.9. The van der Waals surface area contributed by atoms with Gasteiger partial charge in [-0.15, -0.1) is 0 Å². The highest BCUT2D eigenvalue weighted by atomic mass is 35.5. The molecule has 0 aliphatic rings. The van der Waals surface area contributed by atoms with Crippen molar-refractivity contribution in [2.45, 2.75) is 180 Å². The predicted molar refractivity (Wildman–Crippen MR) is 180 cm³/mol. The van der Waals surface area contributed by atoms with Crippen LogP contribution in [0.4, 0.5) is 0 Å². The Bertz CT molecular complexity index is 738. The number of hydrogen-bond donors (Lipinski definition) is 0. The Hall–Kier alpha value is -0.460. The van der Waals surface area contributed by atoms with Gasteiger partial charge in [-0.25, -0.2) is 9.97 Å². The molecule has 0 aliphatic heterocycles. The molecule has 1 aromatic rings. The lowest BCUT2D eigenvalue weighted by Crippen LogP contribution is -2.18. The van der Waals surface area contributed by atoms with E-state index < -0.39 is 0 Å². The Balaban J connectivity index is 2.26. The molecule has 0 saturated heterocycles. The quantitative estimate of drug-likeness (QED) is 0.0532. The van der Waals surface area contributed by atoms with Crippen molar-refractivity contribution in [1.29, 1.82) is 0 Å². The van der Waals surface area contributed by atoms with Gasteiger partial charge in [0.05, 0.1) is 12.5 Å². The largest absolute Gasteiger partial charge is 0.486 e. The Morgan fingerprint density at radius 2 is 1.12 bits per heavy atom. The Labute approximate surface area is 262 Å². The van der Waals surface area contributed by atoms with Crippen LogP contribution in [0.1, 0.15) is 180 Å². The molecular formula is C33H60ClN3OS2. The number of rotatable bonds is 28. The molecular weight excluding hydrogens is 554 g/mol. The molecule has 1 atom stereocenters. The lowest BCUT2D eigenvalue weighted by Gasteiger charge is -2.18. The van der Waals surface area contributed by atoms with Crippen LogP contribution in [0.2, 0.25) is 5.28 Å². The molecule has 7 heteroatoms. The normalized spacial score (nSPS) is 12.1. The molecule has 1 unspecified atom stereocenters. The third-order valence-electron chi connectivity index (χ3n) is 7.52. The molecule has 0 spiro atoms. The van der Waals surface area contributed by atoms with Gasteiger partial charge in [0.15, 0.2) is 10.2 Å². The summed E-state index contributed by atoms with van der Waals surface area (Å²) < 4.78 is 5.91. The third kappa shape index (κ3) is 20.4. The summed E-state index contributed by atoms with van der Waals surface area (Å²) in [6.45, 7) is 7.33. The summed E-state index contributed by atoms with van der Waals surface area (Å²) in [5.41, 5.74) is 0. The van der Waals surface area contributed by atoms with E-state index in [9.17, 15) is 0 Å². The topological polar surface area (TPSA) is 47.9 Å². The highest BCUT2D eigenvalue weighted by Gasteiger charge is 2.23. The van der Waals surface area contributed by atoms with Crippen molar-refractivity contribution >= 4 is 40.6 Å². The number of thiocarbonyl (C=S) groups is 1. The molecule has 0 aromatic carbocycles. The highest BCUT2D eigenvalue weighted by Crippen LogP contribution is 2.26. The van der Waals surface area contributed by atoms with Crippen LogP contribution in [0.25, 0.3) is 0 Å². The fourth-order valence-corrected chi connectivity index (χ4v) is 6.29. The first-order chi connectivity index (χ1) is 19.6. The lowest BCUT2D eigenvalue weighted by atomic mass is 10.0. The van der Waals surface area contributed by atoms with Gasteiger partial charge in [0, 0.05) is 5.75 Å². The number of thioether (sulfide) groups is 1. The number of aromatic nitrogens is 3. The molecule has 40 heavy (non-hydrogen) atoms. The van der Waals surface area contributed by atoms with Crippen LogP contribution in [0.15, 0.2) is 5.16 Å². The van der Waals surface area contributed by atoms with E-state index in [-0.39, 0.29) is 11.2 Å². The van der Waals surface area contributed by atoms with Crippen molar-refractivity contribution in [3.05, 3.63) is 11.1 Å². The summed E-state index contributed by atoms with van der Waals surface area (Å²) >= 11 is 13.7. The second-order valence-corrected chi connectivity index (χ2v) is 13.1. The molecule has 1 heterocycles. The van der Waals surface area contributed by atoms with E-state index in [0.29, 0.717) is 22.6 Å². The Morgan fingerprint density at radius 3 is 1.65 bits per heavy atom. The van der Waals surface area contributed by atoms with Crippen LogP contribution in [-0.4, -0.2) is 32.4 Å². The fourth-order valence-electron chi connectivity index (χ4n) is 4.93. The lowest BCUT2D eigenvalue weighted by molar-refractivity contribution is 0.288. The second-order valence-electron chi connectivity index (χ2n) is 11.3. The van der Waals surface area contributed by atoms with Crippen molar-refractivity contribution in [2.24, 2.45) is 0 Å². The molecule has 232 valence electrons. The summed E-state index contributed by atoms with van der Waals surface area (Å²) in [7, 11) is 0. The number of nitrogens with zero attached hydrogens (tertiary/aromatic N) is 3. The summed E-state index contributed by atoms with van der Waals surface area (Å²) in [5, 5.41) is 1.57. The van der Waals surface area contributed by atoms with Crippen LogP contribution >= 0.6 is 35.6 Å². The summed E-state index contributed by atoms with van der Waals surface area (Å²) in [5.74, 6) is 1.59. The number of ether oxygens (including phenoxy) is 1.